The van der Waals surface area contributed by atoms with Gasteiger partial charge in [0.2, 0.25) is 0 Å². The lowest BCUT2D eigenvalue weighted by Gasteiger charge is -2.30. The Bertz CT molecular complexity index is 553. The number of ether oxygens (including phenoxy) is 1. The van der Waals surface area contributed by atoms with E-state index in [1.807, 2.05) is 4.68 Å². The molecule has 0 unspecified atom stereocenters. The van der Waals surface area contributed by atoms with Crippen molar-refractivity contribution in [3.05, 3.63) is 6.33 Å². The molecule has 0 spiro atoms. The summed E-state index contributed by atoms with van der Waals surface area (Å²) in [5, 5.41) is 8.25. The summed E-state index contributed by atoms with van der Waals surface area (Å²) < 4.78 is 7.38. The molecular formula is C11H16N6O. The standard InChI is InChI=1S/C11H16N6O/c1-18-8-5-3-2-4-7(8)17-11-9(15-16-17)10(12)13-6-14-11/h6-8H,2-5H2,1H3,(H2,12,13,14)/t7-,8+/m0/s1. The normalized spacial score (nSPS) is 24.5. The Morgan fingerprint density at radius 1 is 1.33 bits per heavy atom. The van der Waals surface area contributed by atoms with Crippen LogP contribution in [0.1, 0.15) is 31.7 Å². The molecular weight excluding hydrogens is 232 g/mol. The van der Waals surface area contributed by atoms with Crippen LogP contribution in [0.5, 0.6) is 0 Å². The van der Waals surface area contributed by atoms with Gasteiger partial charge in [-0.2, -0.15) is 0 Å². The van der Waals surface area contributed by atoms with Crippen molar-refractivity contribution in [1.82, 2.24) is 25.0 Å². The summed E-state index contributed by atoms with van der Waals surface area (Å²) in [5.74, 6) is 0.371. The van der Waals surface area contributed by atoms with E-state index in [9.17, 15) is 0 Å². The van der Waals surface area contributed by atoms with Crippen LogP contribution in [0.2, 0.25) is 0 Å². The van der Waals surface area contributed by atoms with Crippen LogP contribution in [0.15, 0.2) is 6.33 Å². The van der Waals surface area contributed by atoms with Gasteiger partial charge >= 0.3 is 0 Å². The Kier molecular flexibility index (Phi) is 2.83. The van der Waals surface area contributed by atoms with Crippen LogP contribution in [-0.4, -0.2) is 38.2 Å². The summed E-state index contributed by atoms with van der Waals surface area (Å²) >= 11 is 0. The molecule has 1 aliphatic carbocycles. The van der Waals surface area contributed by atoms with Gasteiger partial charge in [0, 0.05) is 7.11 Å². The lowest BCUT2D eigenvalue weighted by molar-refractivity contribution is 0.0253. The zero-order valence-corrected chi connectivity index (χ0v) is 10.3. The minimum absolute atomic E-state index is 0.167. The maximum atomic E-state index is 5.77. The van der Waals surface area contributed by atoms with Crippen molar-refractivity contribution < 1.29 is 4.74 Å². The molecule has 96 valence electrons. The van der Waals surface area contributed by atoms with Crippen molar-refractivity contribution in [2.45, 2.75) is 37.8 Å². The summed E-state index contributed by atoms with van der Waals surface area (Å²) in [6, 6.07) is 0.183. The van der Waals surface area contributed by atoms with Gasteiger partial charge in [-0.15, -0.1) is 5.10 Å². The molecule has 0 amide bonds. The molecule has 18 heavy (non-hydrogen) atoms. The van der Waals surface area contributed by atoms with Crippen molar-refractivity contribution in [2.75, 3.05) is 12.8 Å². The molecule has 0 radical (unpaired) electrons. The maximum Gasteiger partial charge on any atom is 0.184 e. The summed E-state index contributed by atoms with van der Waals surface area (Å²) in [7, 11) is 1.74. The minimum atomic E-state index is 0.167. The quantitative estimate of drug-likeness (QED) is 0.850. The predicted molar refractivity (Wildman–Crippen MR) is 65.8 cm³/mol. The highest BCUT2D eigenvalue weighted by Gasteiger charge is 2.29. The van der Waals surface area contributed by atoms with E-state index >= 15 is 0 Å². The molecule has 1 saturated carbocycles. The monoisotopic (exact) mass is 248 g/mol. The van der Waals surface area contributed by atoms with Crippen LogP contribution >= 0.6 is 0 Å². The van der Waals surface area contributed by atoms with Gasteiger partial charge in [-0.1, -0.05) is 18.1 Å². The van der Waals surface area contributed by atoms with Gasteiger partial charge in [0.15, 0.2) is 17.0 Å². The number of aromatic nitrogens is 5. The van der Waals surface area contributed by atoms with Crippen molar-refractivity contribution in [1.29, 1.82) is 0 Å². The second-order valence-electron chi connectivity index (χ2n) is 4.59. The fraction of sp³-hybridized carbons (Fsp3) is 0.636. The summed E-state index contributed by atoms with van der Waals surface area (Å²) in [6.07, 6.45) is 6.05. The molecule has 2 heterocycles. The highest BCUT2D eigenvalue weighted by atomic mass is 16.5. The molecule has 2 atom stereocenters. The van der Waals surface area contributed by atoms with E-state index in [4.69, 9.17) is 10.5 Å². The van der Waals surface area contributed by atoms with Crippen LogP contribution in [0.25, 0.3) is 11.2 Å². The van der Waals surface area contributed by atoms with Gasteiger partial charge < -0.3 is 10.5 Å². The van der Waals surface area contributed by atoms with Crippen molar-refractivity contribution in [3.8, 4) is 0 Å². The first kappa shape index (κ1) is 11.3. The number of nitrogen functional groups attached to an aromatic ring is 1. The average molecular weight is 248 g/mol. The summed E-state index contributed by atoms with van der Waals surface area (Å²) in [4.78, 5) is 8.16. The molecule has 0 saturated heterocycles. The fourth-order valence-corrected chi connectivity index (χ4v) is 2.64. The van der Waals surface area contributed by atoms with Crippen LogP contribution in [0, 0.1) is 0 Å². The van der Waals surface area contributed by atoms with Crippen LogP contribution in [0.3, 0.4) is 0 Å². The van der Waals surface area contributed by atoms with Gasteiger partial charge in [0.25, 0.3) is 0 Å². The Labute approximate surface area is 104 Å². The molecule has 0 aromatic carbocycles. The zero-order chi connectivity index (χ0) is 12.5. The molecule has 2 aromatic heterocycles. The number of hydrogen-bond donors (Lipinski definition) is 1. The Morgan fingerprint density at radius 3 is 3.00 bits per heavy atom. The SMILES string of the molecule is CO[C@@H]1CCCC[C@@H]1n1nnc2c(N)ncnc21. The summed E-state index contributed by atoms with van der Waals surface area (Å²) in [5.41, 5.74) is 7.03. The number of anilines is 1. The average Bonchev–Trinajstić information content (AvgIpc) is 2.84. The number of nitrogens with two attached hydrogens (primary N) is 1. The molecule has 7 nitrogen and oxygen atoms in total. The molecule has 7 heteroatoms. The molecule has 3 rings (SSSR count). The third kappa shape index (κ3) is 1.71. The number of nitrogens with zero attached hydrogens (tertiary/aromatic N) is 5. The van der Waals surface area contributed by atoms with Crippen LogP contribution in [-0.2, 0) is 4.74 Å². The maximum absolute atomic E-state index is 5.77. The van der Waals surface area contributed by atoms with Crippen molar-refractivity contribution in [3.63, 3.8) is 0 Å². The first-order valence-electron chi connectivity index (χ1n) is 6.15. The van der Waals surface area contributed by atoms with Crippen LogP contribution in [0.4, 0.5) is 5.82 Å². The number of hydrogen-bond acceptors (Lipinski definition) is 6. The Hall–Kier alpha value is -1.76. The second-order valence-corrected chi connectivity index (χ2v) is 4.59. The zero-order valence-electron chi connectivity index (χ0n) is 10.3. The van der Waals surface area contributed by atoms with Gasteiger partial charge in [0.05, 0.1) is 12.1 Å². The van der Waals surface area contributed by atoms with E-state index in [2.05, 4.69) is 20.3 Å². The molecule has 0 bridgehead atoms. The first-order chi connectivity index (χ1) is 8.81. The number of rotatable bonds is 2. The van der Waals surface area contributed by atoms with E-state index in [1.54, 1.807) is 7.11 Å². The fourth-order valence-electron chi connectivity index (χ4n) is 2.64. The van der Waals surface area contributed by atoms with E-state index in [-0.39, 0.29) is 12.1 Å². The largest absolute Gasteiger partial charge is 0.382 e. The Balaban J connectivity index is 2.05. The van der Waals surface area contributed by atoms with E-state index in [1.165, 1.54) is 19.2 Å². The van der Waals surface area contributed by atoms with Gasteiger partial charge in [-0.3, -0.25) is 0 Å². The molecule has 2 N–H and O–H groups in total. The van der Waals surface area contributed by atoms with Gasteiger partial charge in [-0.05, 0) is 12.8 Å². The lowest BCUT2D eigenvalue weighted by Crippen LogP contribution is -2.30. The highest BCUT2D eigenvalue weighted by Crippen LogP contribution is 2.31. The summed E-state index contributed by atoms with van der Waals surface area (Å²) in [6.45, 7) is 0. The van der Waals surface area contributed by atoms with E-state index in [0.29, 0.717) is 17.0 Å². The lowest BCUT2D eigenvalue weighted by atomic mass is 9.92. The number of methoxy groups -OCH3 is 1. The van der Waals surface area contributed by atoms with Gasteiger partial charge in [0.1, 0.15) is 6.33 Å². The smallest absolute Gasteiger partial charge is 0.184 e. The molecule has 1 aliphatic rings. The Morgan fingerprint density at radius 2 is 2.17 bits per heavy atom. The first-order valence-corrected chi connectivity index (χ1v) is 6.15. The van der Waals surface area contributed by atoms with Crippen molar-refractivity contribution >= 4 is 17.0 Å². The highest BCUT2D eigenvalue weighted by molar-refractivity contribution is 5.80. The van der Waals surface area contributed by atoms with E-state index in [0.717, 1.165) is 12.8 Å². The predicted octanol–water partition coefficient (Wildman–Crippen LogP) is 0.934. The molecule has 1 fully saturated rings. The number of fused-ring (bicyclic) bond motifs is 1. The van der Waals surface area contributed by atoms with Crippen LogP contribution < -0.4 is 5.73 Å². The minimum Gasteiger partial charge on any atom is -0.382 e. The second kappa shape index (κ2) is 4.49. The third-order valence-electron chi connectivity index (χ3n) is 3.57. The van der Waals surface area contributed by atoms with Crippen molar-refractivity contribution in [2.24, 2.45) is 0 Å². The topological polar surface area (TPSA) is 91.7 Å². The third-order valence-corrected chi connectivity index (χ3v) is 3.57. The molecule has 2 aromatic rings. The van der Waals surface area contributed by atoms with E-state index < -0.39 is 0 Å². The molecule has 0 aliphatic heterocycles. The van der Waals surface area contributed by atoms with Gasteiger partial charge in [-0.25, -0.2) is 14.6 Å².